The largest absolute Gasteiger partial charge is 0.417 e. The number of alkyl halides is 3. The van der Waals surface area contributed by atoms with Gasteiger partial charge in [0.25, 0.3) is 0 Å². The molecule has 0 aliphatic carbocycles. The summed E-state index contributed by atoms with van der Waals surface area (Å²) < 4.78 is 43.2. The van der Waals surface area contributed by atoms with Crippen LogP contribution in [0.5, 0.6) is 5.75 Å². The van der Waals surface area contributed by atoms with E-state index in [1.807, 2.05) is 0 Å². The van der Waals surface area contributed by atoms with Gasteiger partial charge in [-0.25, -0.2) is 4.79 Å². The fourth-order valence-corrected chi connectivity index (χ4v) is 2.18. The molecule has 1 amide bonds. The van der Waals surface area contributed by atoms with Crippen molar-refractivity contribution in [2.24, 2.45) is 0 Å². The molecule has 0 saturated carbocycles. The van der Waals surface area contributed by atoms with E-state index in [2.05, 4.69) is 10.3 Å². The lowest BCUT2D eigenvalue weighted by atomic mass is 10.2. The maximum atomic E-state index is 12.7. The summed E-state index contributed by atoms with van der Waals surface area (Å²) in [6.45, 7) is 0. The van der Waals surface area contributed by atoms with Gasteiger partial charge in [-0.05, 0) is 30.3 Å². The van der Waals surface area contributed by atoms with Crippen LogP contribution in [0.2, 0.25) is 0 Å². The van der Waals surface area contributed by atoms with Gasteiger partial charge in [0.05, 0.1) is 5.56 Å². The summed E-state index contributed by atoms with van der Waals surface area (Å²) in [5, 5.41) is 3.06. The number of rotatable bonds is 2. The topological polar surface area (TPSA) is 51.2 Å². The van der Waals surface area contributed by atoms with E-state index in [-0.39, 0.29) is 11.4 Å². The van der Waals surface area contributed by atoms with Crippen LogP contribution in [0.3, 0.4) is 0 Å². The lowest BCUT2D eigenvalue weighted by molar-refractivity contribution is -0.137. The van der Waals surface area contributed by atoms with Crippen LogP contribution in [0, 0.1) is 0 Å². The zero-order chi connectivity index (χ0) is 17.2. The van der Waals surface area contributed by atoms with E-state index in [0.717, 1.165) is 17.5 Å². The maximum Gasteiger partial charge on any atom is 0.417 e. The molecule has 0 atom stereocenters. The number of pyridine rings is 1. The highest BCUT2D eigenvalue weighted by atomic mass is 19.4. The molecule has 0 spiro atoms. The number of nitrogens with zero attached hydrogens (tertiary/aromatic N) is 1. The van der Waals surface area contributed by atoms with Gasteiger partial charge in [-0.3, -0.25) is 10.3 Å². The highest BCUT2D eigenvalue weighted by Gasteiger charge is 2.30. The van der Waals surface area contributed by atoms with E-state index < -0.39 is 17.8 Å². The smallest absolute Gasteiger partial charge is 0.408 e. The fraction of sp³-hybridized carbons (Fsp3) is 0.0588. The molecule has 1 heterocycles. The van der Waals surface area contributed by atoms with Crippen LogP contribution in [0.15, 0.2) is 60.8 Å². The minimum atomic E-state index is -4.48. The number of hydrogen-bond donors (Lipinski definition) is 1. The standard InChI is InChI=1S/C17H11F3N2O2/c18-17(19,20)12-6-2-7-13(10-12)22-16(23)24-14-8-1-4-11-5-3-9-21-15(11)14/h1-10H,(H,22,23). The summed E-state index contributed by atoms with van der Waals surface area (Å²) in [4.78, 5) is 16.1. The van der Waals surface area contributed by atoms with Crippen LogP contribution in [-0.4, -0.2) is 11.1 Å². The molecule has 24 heavy (non-hydrogen) atoms. The number of halogens is 3. The van der Waals surface area contributed by atoms with Gasteiger partial charge in [0.1, 0.15) is 5.52 Å². The Morgan fingerprint density at radius 3 is 2.58 bits per heavy atom. The molecule has 0 fully saturated rings. The third-order valence-electron chi connectivity index (χ3n) is 3.23. The molecule has 4 nitrogen and oxygen atoms in total. The predicted molar refractivity (Wildman–Crippen MR) is 82.8 cm³/mol. The molecule has 1 aromatic heterocycles. The molecule has 122 valence electrons. The molecule has 0 aliphatic heterocycles. The Balaban J connectivity index is 1.78. The number of para-hydroxylation sites is 1. The first-order valence-electron chi connectivity index (χ1n) is 6.93. The second-order valence-electron chi connectivity index (χ2n) is 4.92. The molecule has 3 aromatic rings. The number of carbonyl (C=O) groups excluding carboxylic acids is 1. The number of carbonyl (C=O) groups is 1. The lowest BCUT2D eigenvalue weighted by Crippen LogP contribution is -2.17. The minimum Gasteiger partial charge on any atom is -0.408 e. The zero-order valence-electron chi connectivity index (χ0n) is 12.2. The van der Waals surface area contributed by atoms with E-state index in [1.54, 1.807) is 36.5 Å². The number of fused-ring (bicyclic) bond motifs is 1. The van der Waals surface area contributed by atoms with Crippen LogP contribution >= 0.6 is 0 Å². The first-order chi connectivity index (χ1) is 11.4. The zero-order valence-corrected chi connectivity index (χ0v) is 12.2. The number of aromatic nitrogens is 1. The molecular formula is C17H11F3N2O2. The van der Waals surface area contributed by atoms with Crippen molar-refractivity contribution < 1.29 is 22.7 Å². The summed E-state index contributed by atoms with van der Waals surface area (Å²) in [6, 6.07) is 12.9. The van der Waals surface area contributed by atoms with E-state index in [4.69, 9.17) is 4.74 Å². The van der Waals surface area contributed by atoms with Crippen LogP contribution in [0.4, 0.5) is 23.7 Å². The molecule has 0 radical (unpaired) electrons. The van der Waals surface area contributed by atoms with Crippen LogP contribution < -0.4 is 10.1 Å². The number of ether oxygens (including phenoxy) is 1. The Labute approximate surface area is 134 Å². The molecule has 3 rings (SSSR count). The Morgan fingerprint density at radius 2 is 1.79 bits per heavy atom. The SMILES string of the molecule is O=C(Nc1cccc(C(F)(F)F)c1)Oc1cccc2cccnc12. The Bertz CT molecular complexity index is 889. The third kappa shape index (κ3) is 3.45. The molecule has 0 aliphatic rings. The van der Waals surface area contributed by atoms with Crippen molar-refractivity contribution in [1.82, 2.24) is 4.98 Å². The summed E-state index contributed by atoms with van der Waals surface area (Å²) in [5.41, 5.74) is -0.380. The average Bonchev–Trinajstić information content (AvgIpc) is 2.54. The highest BCUT2D eigenvalue weighted by molar-refractivity contribution is 5.91. The lowest BCUT2D eigenvalue weighted by Gasteiger charge is -2.11. The third-order valence-corrected chi connectivity index (χ3v) is 3.23. The first-order valence-corrected chi connectivity index (χ1v) is 6.93. The summed E-state index contributed by atoms with van der Waals surface area (Å²) in [5.74, 6) is 0.220. The van der Waals surface area contributed by atoms with E-state index in [0.29, 0.717) is 5.52 Å². The summed E-state index contributed by atoms with van der Waals surface area (Å²) in [7, 11) is 0. The molecule has 0 unspecified atom stereocenters. The number of anilines is 1. The second kappa shape index (κ2) is 6.19. The Kier molecular flexibility index (Phi) is 4.07. The number of benzene rings is 2. The van der Waals surface area contributed by atoms with Gasteiger partial charge in [-0.15, -0.1) is 0 Å². The van der Waals surface area contributed by atoms with Gasteiger partial charge in [-0.2, -0.15) is 13.2 Å². The normalized spacial score (nSPS) is 11.3. The number of hydrogen-bond acceptors (Lipinski definition) is 3. The number of nitrogens with one attached hydrogen (secondary N) is 1. The average molecular weight is 332 g/mol. The summed E-state index contributed by atoms with van der Waals surface area (Å²) >= 11 is 0. The van der Waals surface area contributed by atoms with Gasteiger partial charge >= 0.3 is 12.3 Å². The van der Waals surface area contributed by atoms with Crippen molar-refractivity contribution in [3.63, 3.8) is 0 Å². The monoisotopic (exact) mass is 332 g/mol. The van der Waals surface area contributed by atoms with Crippen LogP contribution in [0.25, 0.3) is 10.9 Å². The van der Waals surface area contributed by atoms with E-state index in [9.17, 15) is 18.0 Å². The van der Waals surface area contributed by atoms with Gasteiger partial charge in [-0.1, -0.05) is 24.3 Å². The van der Waals surface area contributed by atoms with Crippen molar-refractivity contribution in [2.45, 2.75) is 6.18 Å². The van der Waals surface area contributed by atoms with Gasteiger partial charge < -0.3 is 4.74 Å². The fourth-order valence-electron chi connectivity index (χ4n) is 2.18. The minimum absolute atomic E-state index is 0.0111. The van der Waals surface area contributed by atoms with E-state index in [1.165, 1.54) is 12.1 Å². The Morgan fingerprint density at radius 1 is 1.04 bits per heavy atom. The molecule has 0 saturated heterocycles. The second-order valence-corrected chi connectivity index (χ2v) is 4.92. The maximum absolute atomic E-state index is 12.7. The van der Waals surface area contributed by atoms with Crippen LogP contribution in [-0.2, 0) is 6.18 Å². The molecule has 1 N–H and O–H groups in total. The van der Waals surface area contributed by atoms with Crippen molar-refractivity contribution in [3.05, 3.63) is 66.4 Å². The quantitative estimate of drug-likeness (QED) is 0.729. The number of amides is 1. The van der Waals surface area contributed by atoms with Crippen molar-refractivity contribution in [1.29, 1.82) is 0 Å². The van der Waals surface area contributed by atoms with Gasteiger partial charge in [0.15, 0.2) is 5.75 Å². The molecule has 0 bridgehead atoms. The highest BCUT2D eigenvalue weighted by Crippen LogP contribution is 2.30. The van der Waals surface area contributed by atoms with E-state index >= 15 is 0 Å². The molecular weight excluding hydrogens is 321 g/mol. The first kappa shape index (κ1) is 15.8. The molecule has 2 aromatic carbocycles. The van der Waals surface area contributed by atoms with Crippen LogP contribution in [0.1, 0.15) is 5.56 Å². The Hall–Kier alpha value is -3.09. The van der Waals surface area contributed by atoms with Crippen molar-refractivity contribution in [2.75, 3.05) is 5.32 Å². The van der Waals surface area contributed by atoms with Crippen molar-refractivity contribution in [3.8, 4) is 5.75 Å². The van der Waals surface area contributed by atoms with Crippen molar-refractivity contribution >= 4 is 22.7 Å². The van der Waals surface area contributed by atoms with Gasteiger partial charge in [0.2, 0.25) is 0 Å². The summed E-state index contributed by atoms with van der Waals surface area (Å²) in [6.07, 6.45) is -3.83. The predicted octanol–water partition coefficient (Wildman–Crippen LogP) is 4.86. The van der Waals surface area contributed by atoms with Gasteiger partial charge in [0, 0.05) is 17.3 Å². The molecule has 7 heteroatoms.